The van der Waals surface area contributed by atoms with Crippen LogP contribution < -0.4 is 5.32 Å². The van der Waals surface area contributed by atoms with Crippen molar-refractivity contribution in [3.05, 3.63) is 96.6 Å². The molecule has 2 heterocycles. The smallest absolute Gasteiger partial charge is 0.273 e. The highest BCUT2D eigenvalue weighted by Crippen LogP contribution is 2.15. The van der Waals surface area contributed by atoms with Crippen LogP contribution in [0.5, 0.6) is 0 Å². The Morgan fingerprint density at radius 1 is 0.897 bits per heavy atom. The summed E-state index contributed by atoms with van der Waals surface area (Å²) in [5.41, 5.74) is 1.68. The Morgan fingerprint density at radius 2 is 1.69 bits per heavy atom. The van der Waals surface area contributed by atoms with E-state index in [1.807, 2.05) is 48.5 Å². The van der Waals surface area contributed by atoms with E-state index in [2.05, 4.69) is 10.3 Å². The molecule has 0 spiro atoms. The van der Waals surface area contributed by atoms with E-state index in [0.717, 1.165) is 10.9 Å². The minimum Gasteiger partial charge on any atom is -0.467 e. The highest BCUT2D eigenvalue weighted by Gasteiger charge is 2.21. The number of hydrogen-bond donors (Lipinski definition) is 1. The molecule has 0 fully saturated rings. The lowest BCUT2D eigenvalue weighted by atomic mass is 10.2. The Balaban J connectivity index is 1.56. The van der Waals surface area contributed by atoms with Crippen molar-refractivity contribution in [1.29, 1.82) is 0 Å². The first-order chi connectivity index (χ1) is 14.2. The fourth-order valence-electron chi connectivity index (χ4n) is 3.03. The van der Waals surface area contributed by atoms with E-state index >= 15 is 0 Å². The van der Waals surface area contributed by atoms with Gasteiger partial charge in [-0.15, -0.1) is 0 Å². The van der Waals surface area contributed by atoms with Gasteiger partial charge in [-0.05, 0) is 36.4 Å². The van der Waals surface area contributed by atoms with Gasteiger partial charge in [-0.25, -0.2) is 4.98 Å². The van der Waals surface area contributed by atoms with Crippen molar-refractivity contribution in [3.63, 3.8) is 0 Å². The van der Waals surface area contributed by atoms with Crippen LogP contribution in [0.2, 0.25) is 0 Å². The largest absolute Gasteiger partial charge is 0.467 e. The maximum Gasteiger partial charge on any atom is 0.273 e. The van der Waals surface area contributed by atoms with Crippen LogP contribution in [-0.2, 0) is 11.3 Å². The van der Waals surface area contributed by atoms with Crippen molar-refractivity contribution in [3.8, 4) is 0 Å². The number of hydrogen-bond acceptors (Lipinski definition) is 4. The first-order valence-electron chi connectivity index (χ1n) is 9.21. The standard InChI is InChI=1S/C23H19N3O3/c27-22(24-18-8-2-1-3-9-18)16-26(15-19-10-6-14-29-19)23(28)21-13-12-17-7-4-5-11-20(17)25-21/h1-14H,15-16H2,(H,24,27). The monoisotopic (exact) mass is 385 g/mol. The van der Waals surface area contributed by atoms with Gasteiger partial charge in [0, 0.05) is 11.1 Å². The van der Waals surface area contributed by atoms with E-state index in [1.165, 1.54) is 11.2 Å². The summed E-state index contributed by atoms with van der Waals surface area (Å²) in [5.74, 6) is -0.0427. The van der Waals surface area contributed by atoms with E-state index in [1.54, 1.807) is 30.3 Å². The van der Waals surface area contributed by atoms with Gasteiger partial charge in [-0.1, -0.05) is 42.5 Å². The van der Waals surface area contributed by atoms with Gasteiger partial charge in [-0.3, -0.25) is 9.59 Å². The third kappa shape index (κ3) is 4.50. The lowest BCUT2D eigenvalue weighted by molar-refractivity contribution is -0.117. The van der Waals surface area contributed by atoms with Gasteiger partial charge in [0.15, 0.2) is 0 Å². The lowest BCUT2D eigenvalue weighted by Gasteiger charge is -2.21. The van der Waals surface area contributed by atoms with Crippen molar-refractivity contribution < 1.29 is 14.0 Å². The summed E-state index contributed by atoms with van der Waals surface area (Å²) in [4.78, 5) is 31.6. The van der Waals surface area contributed by atoms with E-state index in [0.29, 0.717) is 11.4 Å². The molecule has 6 heteroatoms. The normalized spacial score (nSPS) is 10.6. The number of benzene rings is 2. The number of nitrogens with one attached hydrogen (secondary N) is 1. The van der Waals surface area contributed by atoms with Crippen LogP contribution in [0.4, 0.5) is 5.69 Å². The number of nitrogens with zero attached hydrogens (tertiary/aromatic N) is 2. The molecule has 0 unspecified atom stereocenters. The van der Waals surface area contributed by atoms with Crippen molar-refractivity contribution in [2.24, 2.45) is 0 Å². The summed E-state index contributed by atoms with van der Waals surface area (Å²) in [6, 6.07) is 23.7. The Hall–Kier alpha value is -3.93. The molecule has 0 atom stereocenters. The molecule has 1 N–H and O–H groups in total. The van der Waals surface area contributed by atoms with Crippen molar-refractivity contribution in [2.45, 2.75) is 6.54 Å². The molecule has 0 aliphatic heterocycles. The number of carbonyl (C=O) groups is 2. The Kier molecular flexibility index (Phi) is 5.33. The van der Waals surface area contributed by atoms with Gasteiger partial charge < -0.3 is 14.6 Å². The number of rotatable bonds is 6. The average molecular weight is 385 g/mol. The van der Waals surface area contributed by atoms with Crippen molar-refractivity contribution in [2.75, 3.05) is 11.9 Å². The molecule has 6 nitrogen and oxygen atoms in total. The predicted octanol–water partition coefficient (Wildman–Crippen LogP) is 4.11. The quantitative estimate of drug-likeness (QED) is 0.542. The molecule has 0 radical (unpaired) electrons. The van der Waals surface area contributed by atoms with E-state index in [4.69, 9.17) is 4.42 Å². The molecule has 0 saturated heterocycles. The molecule has 4 rings (SSSR count). The van der Waals surface area contributed by atoms with Crippen LogP contribution in [0.15, 0.2) is 89.5 Å². The Morgan fingerprint density at radius 3 is 2.48 bits per heavy atom. The van der Waals surface area contributed by atoms with Gasteiger partial charge in [0.05, 0.1) is 18.3 Å². The lowest BCUT2D eigenvalue weighted by Crippen LogP contribution is -2.37. The second-order valence-corrected chi connectivity index (χ2v) is 6.54. The molecule has 29 heavy (non-hydrogen) atoms. The number of pyridine rings is 1. The predicted molar refractivity (Wildman–Crippen MR) is 110 cm³/mol. The van der Waals surface area contributed by atoms with E-state index < -0.39 is 0 Å². The zero-order valence-corrected chi connectivity index (χ0v) is 15.6. The zero-order valence-electron chi connectivity index (χ0n) is 15.6. The van der Waals surface area contributed by atoms with Crippen molar-refractivity contribution >= 4 is 28.4 Å². The summed E-state index contributed by atoms with van der Waals surface area (Å²) >= 11 is 0. The summed E-state index contributed by atoms with van der Waals surface area (Å²) in [7, 11) is 0. The number of amides is 2. The first-order valence-corrected chi connectivity index (χ1v) is 9.21. The second-order valence-electron chi connectivity index (χ2n) is 6.54. The average Bonchev–Trinajstić information content (AvgIpc) is 3.26. The number of para-hydroxylation sites is 2. The molecule has 144 valence electrons. The third-order valence-electron chi connectivity index (χ3n) is 4.42. The summed E-state index contributed by atoms with van der Waals surface area (Å²) in [6.45, 7) is 0.0471. The fourth-order valence-corrected chi connectivity index (χ4v) is 3.03. The van der Waals surface area contributed by atoms with Crippen LogP contribution in [0.1, 0.15) is 16.2 Å². The Labute approximate surface area is 167 Å². The van der Waals surface area contributed by atoms with E-state index in [-0.39, 0.29) is 30.6 Å². The molecule has 2 amide bonds. The molecular formula is C23H19N3O3. The molecule has 0 aliphatic rings. The van der Waals surface area contributed by atoms with E-state index in [9.17, 15) is 9.59 Å². The van der Waals surface area contributed by atoms with Gasteiger partial charge in [0.25, 0.3) is 5.91 Å². The Bertz CT molecular complexity index is 1120. The van der Waals surface area contributed by atoms with Crippen LogP contribution in [0.25, 0.3) is 10.9 Å². The molecule has 0 saturated carbocycles. The topological polar surface area (TPSA) is 75.4 Å². The molecule has 0 aliphatic carbocycles. The summed E-state index contributed by atoms with van der Waals surface area (Å²) < 4.78 is 5.37. The molecule has 2 aromatic heterocycles. The fraction of sp³-hybridized carbons (Fsp3) is 0.0870. The first kappa shape index (κ1) is 18.4. The zero-order chi connectivity index (χ0) is 20.1. The minimum atomic E-state index is -0.338. The van der Waals surface area contributed by atoms with Crippen LogP contribution in [0, 0.1) is 0 Å². The molecule has 2 aromatic carbocycles. The molecule has 4 aromatic rings. The third-order valence-corrected chi connectivity index (χ3v) is 4.42. The molecule has 0 bridgehead atoms. The van der Waals surface area contributed by atoms with Gasteiger partial charge in [0.1, 0.15) is 18.0 Å². The summed E-state index contributed by atoms with van der Waals surface area (Å²) in [6.07, 6.45) is 1.54. The van der Waals surface area contributed by atoms with Gasteiger partial charge >= 0.3 is 0 Å². The second kappa shape index (κ2) is 8.39. The highest BCUT2D eigenvalue weighted by atomic mass is 16.3. The number of aromatic nitrogens is 1. The number of furan rings is 1. The minimum absolute atomic E-state index is 0.122. The highest BCUT2D eigenvalue weighted by molar-refractivity contribution is 5.99. The van der Waals surface area contributed by atoms with Crippen molar-refractivity contribution in [1.82, 2.24) is 9.88 Å². The van der Waals surface area contributed by atoms with Gasteiger partial charge in [-0.2, -0.15) is 0 Å². The number of anilines is 1. The van der Waals surface area contributed by atoms with Gasteiger partial charge in [0.2, 0.25) is 5.91 Å². The van der Waals surface area contributed by atoms with Crippen LogP contribution in [0.3, 0.4) is 0 Å². The van der Waals surface area contributed by atoms with Crippen LogP contribution in [-0.4, -0.2) is 28.2 Å². The van der Waals surface area contributed by atoms with Crippen LogP contribution >= 0.6 is 0 Å². The summed E-state index contributed by atoms with van der Waals surface area (Å²) in [5, 5.41) is 3.75. The molecular weight excluding hydrogens is 366 g/mol. The number of fused-ring (bicyclic) bond motifs is 1. The maximum absolute atomic E-state index is 13.1. The SMILES string of the molecule is O=C(CN(Cc1ccco1)C(=O)c1ccc2ccccc2n1)Nc1ccccc1. The maximum atomic E-state index is 13.1. The number of carbonyl (C=O) groups excluding carboxylic acids is 2.